The van der Waals surface area contributed by atoms with Crippen molar-refractivity contribution < 1.29 is 14.3 Å². The van der Waals surface area contributed by atoms with Gasteiger partial charge in [-0.05, 0) is 30.5 Å². The van der Waals surface area contributed by atoms with Crippen LogP contribution in [0.3, 0.4) is 0 Å². The molecule has 1 saturated carbocycles. The minimum atomic E-state index is -0.651. The van der Waals surface area contributed by atoms with E-state index in [0.717, 1.165) is 36.1 Å². The van der Waals surface area contributed by atoms with Crippen LogP contribution in [-0.2, 0) is 19.7 Å². The normalized spacial score (nSPS) is 14.8. The Kier molecular flexibility index (Phi) is 6.72. The fraction of sp³-hybridized carbons (Fsp3) is 0.318. The molecule has 6 heteroatoms. The lowest BCUT2D eigenvalue weighted by Gasteiger charge is -2.27. The van der Waals surface area contributed by atoms with Crippen molar-refractivity contribution in [2.45, 2.75) is 36.0 Å². The van der Waals surface area contributed by atoms with Gasteiger partial charge in [-0.25, -0.2) is 0 Å². The van der Waals surface area contributed by atoms with Gasteiger partial charge >= 0.3 is 5.97 Å². The molecule has 1 N–H and O–H groups in total. The maximum Gasteiger partial charge on any atom is 0.317 e. The molecule has 0 bridgehead atoms. The van der Waals surface area contributed by atoms with Gasteiger partial charge in [-0.1, -0.05) is 55.3 Å². The third-order valence-corrected chi connectivity index (χ3v) is 5.90. The van der Waals surface area contributed by atoms with Crippen LogP contribution in [0.2, 0.25) is 0 Å². The summed E-state index contributed by atoms with van der Waals surface area (Å²) in [5.41, 5.74) is 0.917. The van der Waals surface area contributed by atoms with Crippen molar-refractivity contribution in [1.29, 1.82) is 5.26 Å². The molecule has 28 heavy (non-hydrogen) atoms. The highest BCUT2D eigenvalue weighted by Crippen LogP contribution is 2.42. The molecule has 0 aliphatic heterocycles. The summed E-state index contributed by atoms with van der Waals surface area (Å²) in [5, 5.41) is 11.5. The predicted octanol–water partition coefficient (Wildman–Crippen LogP) is 4.30. The molecule has 0 radical (unpaired) electrons. The number of nitrogens with zero attached hydrogens (tertiary/aromatic N) is 1. The largest absolute Gasteiger partial charge is 0.455 e. The number of thioether (sulfide) groups is 1. The number of rotatable bonds is 7. The van der Waals surface area contributed by atoms with Crippen molar-refractivity contribution in [3.8, 4) is 6.07 Å². The molecule has 1 fully saturated rings. The predicted molar refractivity (Wildman–Crippen MR) is 109 cm³/mol. The highest BCUT2D eigenvalue weighted by Gasteiger charge is 2.44. The monoisotopic (exact) mass is 394 g/mol. The first-order valence-corrected chi connectivity index (χ1v) is 10.3. The number of ether oxygens (including phenoxy) is 1. The zero-order valence-corrected chi connectivity index (χ0v) is 16.3. The first-order chi connectivity index (χ1) is 13.7. The van der Waals surface area contributed by atoms with Crippen LogP contribution in [0.4, 0.5) is 5.69 Å². The van der Waals surface area contributed by atoms with Gasteiger partial charge in [0.1, 0.15) is 0 Å². The summed E-state index contributed by atoms with van der Waals surface area (Å²) in [5.74, 6) is -0.431. The van der Waals surface area contributed by atoms with Gasteiger partial charge in [0.05, 0.1) is 22.9 Å². The molecule has 1 aliphatic carbocycles. The molecular formula is C22H22N2O3S. The van der Waals surface area contributed by atoms with E-state index in [1.807, 2.05) is 42.5 Å². The van der Waals surface area contributed by atoms with E-state index in [1.165, 1.54) is 11.8 Å². The van der Waals surface area contributed by atoms with Gasteiger partial charge in [0.2, 0.25) is 0 Å². The summed E-state index contributed by atoms with van der Waals surface area (Å²) in [6, 6.07) is 19.0. The highest BCUT2D eigenvalue weighted by molar-refractivity contribution is 7.99. The number of benzene rings is 2. The Balaban J connectivity index is 1.63. The second-order valence-corrected chi connectivity index (χ2v) is 7.74. The van der Waals surface area contributed by atoms with Crippen LogP contribution < -0.4 is 5.32 Å². The minimum absolute atomic E-state index is 0.293. The van der Waals surface area contributed by atoms with Crippen LogP contribution in [0.25, 0.3) is 0 Å². The van der Waals surface area contributed by atoms with Gasteiger partial charge in [0, 0.05) is 4.90 Å². The highest BCUT2D eigenvalue weighted by atomic mass is 32.2. The molecule has 1 amide bonds. The molecule has 5 nitrogen and oxygen atoms in total. The zero-order chi connectivity index (χ0) is 19.8. The van der Waals surface area contributed by atoms with E-state index in [-0.39, 0.29) is 18.5 Å². The number of carbonyl (C=O) groups excluding carboxylic acids is 2. The van der Waals surface area contributed by atoms with Crippen molar-refractivity contribution in [1.82, 2.24) is 0 Å². The molecule has 0 saturated heterocycles. The summed E-state index contributed by atoms with van der Waals surface area (Å²) < 4.78 is 5.43. The molecule has 144 valence electrons. The Morgan fingerprint density at radius 3 is 2.46 bits per heavy atom. The maximum atomic E-state index is 12.9. The third-order valence-electron chi connectivity index (χ3n) is 4.96. The first kappa shape index (κ1) is 20.0. The van der Waals surface area contributed by atoms with E-state index in [9.17, 15) is 9.59 Å². The number of hydrogen-bond acceptors (Lipinski definition) is 5. The molecule has 3 rings (SSSR count). The topological polar surface area (TPSA) is 79.2 Å². The number of carbonyl (C=O) groups is 2. The van der Waals surface area contributed by atoms with Crippen LogP contribution >= 0.6 is 11.8 Å². The lowest BCUT2D eigenvalue weighted by atomic mass is 9.79. The first-order valence-electron chi connectivity index (χ1n) is 9.27. The molecule has 0 aromatic heterocycles. The Labute approximate surface area is 169 Å². The van der Waals surface area contributed by atoms with Crippen LogP contribution in [0.1, 0.15) is 31.2 Å². The quantitative estimate of drug-likeness (QED) is 0.560. The van der Waals surface area contributed by atoms with Gasteiger partial charge in [0.15, 0.2) is 6.61 Å². The van der Waals surface area contributed by atoms with Gasteiger partial charge < -0.3 is 10.1 Å². The van der Waals surface area contributed by atoms with Crippen LogP contribution in [0.5, 0.6) is 0 Å². The van der Waals surface area contributed by atoms with Crippen LogP contribution in [0.15, 0.2) is 59.5 Å². The second kappa shape index (κ2) is 9.43. The lowest BCUT2D eigenvalue weighted by molar-refractivity contribution is -0.153. The fourth-order valence-electron chi connectivity index (χ4n) is 3.61. The average Bonchev–Trinajstić information content (AvgIpc) is 3.23. The molecule has 0 heterocycles. The Morgan fingerprint density at radius 2 is 1.75 bits per heavy atom. The molecule has 2 aromatic carbocycles. The number of esters is 1. The maximum absolute atomic E-state index is 12.9. The number of nitrogens with one attached hydrogen (secondary N) is 1. The number of para-hydroxylation sites is 1. The number of amides is 1. The Bertz CT molecular complexity index is 871. The average molecular weight is 394 g/mol. The van der Waals surface area contributed by atoms with Crippen molar-refractivity contribution in [3.05, 3.63) is 60.2 Å². The van der Waals surface area contributed by atoms with Gasteiger partial charge in [0.25, 0.3) is 5.91 Å². The summed E-state index contributed by atoms with van der Waals surface area (Å²) >= 11 is 1.35. The van der Waals surface area contributed by atoms with Crippen molar-refractivity contribution in [2.75, 3.05) is 17.7 Å². The minimum Gasteiger partial charge on any atom is -0.455 e. The van der Waals surface area contributed by atoms with Gasteiger partial charge in [-0.2, -0.15) is 5.26 Å². The van der Waals surface area contributed by atoms with E-state index < -0.39 is 5.41 Å². The van der Waals surface area contributed by atoms with E-state index in [4.69, 9.17) is 10.00 Å². The van der Waals surface area contributed by atoms with E-state index >= 15 is 0 Å². The van der Waals surface area contributed by atoms with E-state index in [1.54, 1.807) is 12.1 Å². The number of anilines is 1. The van der Waals surface area contributed by atoms with Crippen molar-refractivity contribution in [2.24, 2.45) is 0 Å². The summed E-state index contributed by atoms with van der Waals surface area (Å²) in [6.07, 6.45) is 3.43. The third kappa shape index (κ3) is 4.55. The van der Waals surface area contributed by atoms with Gasteiger partial charge in [-0.15, -0.1) is 11.8 Å². The summed E-state index contributed by atoms with van der Waals surface area (Å²) in [7, 11) is 0. The van der Waals surface area contributed by atoms with E-state index in [2.05, 4.69) is 11.4 Å². The van der Waals surface area contributed by atoms with Gasteiger partial charge in [-0.3, -0.25) is 9.59 Å². The molecular weight excluding hydrogens is 372 g/mol. The molecule has 0 spiro atoms. The smallest absolute Gasteiger partial charge is 0.317 e. The fourth-order valence-corrected chi connectivity index (χ4v) is 4.28. The zero-order valence-electron chi connectivity index (χ0n) is 15.5. The molecule has 2 aromatic rings. The van der Waals surface area contributed by atoms with Crippen LogP contribution in [0, 0.1) is 11.3 Å². The summed E-state index contributed by atoms with van der Waals surface area (Å²) in [4.78, 5) is 26.0. The molecule has 0 unspecified atom stereocenters. The Hall–Kier alpha value is -2.78. The lowest BCUT2D eigenvalue weighted by Crippen LogP contribution is -2.36. The Morgan fingerprint density at radius 1 is 1.07 bits per heavy atom. The SMILES string of the molecule is N#CCSc1ccccc1NC(=O)COC(=O)C1(c2ccccc2)CCCC1. The standard InChI is InChI=1S/C22H22N2O3S/c23-14-15-28-19-11-5-4-10-18(19)24-20(25)16-27-21(26)22(12-6-7-13-22)17-8-2-1-3-9-17/h1-5,8-11H,6-7,12-13,15-16H2,(H,24,25). The van der Waals surface area contributed by atoms with Crippen molar-refractivity contribution >= 4 is 29.3 Å². The van der Waals surface area contributed by atoms with E-state index in [0.29, 0.717) is 11.4 Å². The second-order valence-electron chi connectivity index (χ2n) is 6.72. The molecule has 0 atom stereocenters. The number of hydrogen-bond donors (Lipinski definition) is 1. The van der Waals surface area contributed by atoms with Crippen LogP contribution in [-0.4, -0.2) is 24.2 Å². The molecule has 1 aliphatic rings. The van der Waals surface area contributed by atoms with Crippen molar-refractivity contribution in [3.63, 3.8) is 0 Å². The number of nitriles is 1. The summed E-state index contributed by atoms with van der Waals surface area (Å²) in [6.45, 7) is -0.329.